The van der Waals surface area contributed by atoms with Crippen LogP contribution in [-0.4, -0.2) is 6.61 Å². The van der Waals surface area contributed by atoms with E-state index in [2.05, 4.69) is 50.5 Å². The molecule has 21 heavy (non-hydrogen) atoms. The number of nitrogens with one attached hydrogen (secondary N) is 1. The van der Waals surface area contributed by atoms with E-state index in [1.165, 1.54) is 16.7 Å². The topological polar surface area (TPSA) is 47.3 Å². The van der Waals surface area contributed by atoms with E-state index in [9.17, 15) is 0 Å². The number of nitrogens with two attached hydrogens (primary N) is 1. The molecule has 3 heteroatoms. The summed E-state index contributed by atoms with van der Waals surface area (Å²) in [5.41, 5.74) is 7.69. The van der Waals surface area contributed by atoms with Gasteiger partial charge in [0.1, 0.15) is 5.75 Å². The fourth-order valence-corrected chi connectivity index (χ4v) is 2.67. The Hall–Kier alpha value is -1.84. The van der Waals surface area contributed by atoms with Crippen molar-refractivity contribution in [3.8, 4) is 5.75 Å². The molecule has 1 atom stereocenters. The molecule has 0 aliphatic carbocycles. The monoisotopic (exact) mass is 284 g/mol. The van der Waals surface area contributed by atoms with Crippen LogP contribution in [0, 0.1) is 13.8 Å². The van der Waals surface area contributed by atoms with Crippen LogP contribution in [0.5, 0.6) is 5.75 Å². The van der Waals surface area contributed by atoms with E-state index in [1.807, 2.05) is 18.2 Å². The molecule has 0 heterocycles. The Morgan fingerprint density at radius 3 is 2.33 bits per heavy atom. The van der Waals surface area contributed by atoms with Gasteiger partial charge < -0.3 is 4.74 Å². The maximum atomic E-state index is 5.87. The largest absolute Gasteiger partial charge is 0.493 e. The fraction of sp³-hybridized carbons (Fsp3) is 0.333. The summed E-state index contributed by atoms with van der Waals surface area (Å²) >= 11 is 0. The predicted molar refractivity (Wildman–Crippen MR) is 87.3 cm³/mol. The van der Waals surface area contributed by atoms with Crippen LogP contribution in [0.4, 0.5) is 0 Å². The predicted octanol–water partition coefficient (Wildman–Crippen LogP) is 3.64. The summed E-state index contributed by atoms with van der Waals surface area (Å²) in [4.78, 5) is 0. The number of aryl methyl sites for hydroxylation is 2. The molecular formula is C18H24N2O. The second-order valence-electron chi connectivity index (χ2n) is 5.29. The lowest BCUT2D eigenvalue weighted by Crippen LogP contribution is -2.30. The van der Waals surface area contributed by atoms with Crippen LogP contribution in [0.1, 0.15) is 41.6 Å². The average Bonchev–Trinajstić information content (AvgIpc) is 2.49. The van der Waals surface area contributed by atoms with Gasteiger partial charge in [0.05, 0.1) is 12.6 Å². The van der Waals surface area contributed by atoms with E-state index in [1.54, 1.807) is 0 Å². The van der Waals surface area contributed by atoms with Crippen molar-refractivity contribution in [1.82, 2.24) is 5.43 Å². The summed E-state index contributed by atoms with van der Waals surface area (Å²) in [6.07, 6.45) is 0.985. The molecule has 0 saturated carbocycles. The van der Waals surface area contributed by atoms with Gasteiger partial charge in [-0.05, 0) is 43.0 Å². The molecule has 2 aromatic carbocycles. The lowest BCUT2D eigenvalue weighted by atomic mass is 9.91. The molecule has 2 aromatic rings. The van der Waals surface area contributed by atoms with Crippen LogP contribution in [-0.2, 0) is 0 Å². The van der Waals surface area contributed by atoms with E-state index in [0.29, 0.717) is 6.61 Å². The van der Waals surface area contributed by atoms with Gasteiger partial charge in [-0.25, -0.2) is 5.43 Å². The third-order valence-corrected chi connectivity index (χ3v) is 3.69. The van der Waals surface area contributed by atoms with Crippen molar-refractivity contribution in [2.24, 2.45) is 5.84 Å². The molecule has 0 radical (unpaired) electrons. The number of hydrogen-bond acceptors (Lipinski definition) is 3. The molecule has 0 aliphatic rings. The maximum absolute atomic E-state index is 5.87. The Morgan fingerprint density at radius 2 is 1.71 bits per heavy atom. The highest BCUT2D eigenvalue weighted by Gasteiger charge is 2.20. The molecule has 112 valence electrons. The Kier molecular flexibility index (Phi) is 5.37. The van der Waals surface area contributed by atoms with Crippen LogP contribution in [0.25, 0.3) is 0 Å². The minimum absolute atomic E-state index is 0.0701. The number of rotatable bonds is 6. The molecule has 2 rings (SSSR count). The lowest BCUT2D eigenvalue weighted by molar-refractivity contribution is 0.311. The first-order valence-electron chi connectivity index (χ1n) is 7.43. The Bertz CT molecular complexity index is 575. The van der Waals surface area contributed by atoms with Crippen LogP contribution < -0.4 is 16.0 Å². The van der Waals surface area contributed by atoms with Crippen LogP contribution in [0.3, 0.4) is 0 Å². The number of ether oxygens (including phenoxy) is 1. The molecule has 0 amide bonds. The van der Waals surface area contributed by atoms with Gasteiger partial charge in [-0.15, -0.1) is 0 Å². The summed E-state index contributed by atoms with van der Waals surface area (Å²) in [6.45, 7) is 7.04. The van der Waals surface area contributed by atoms with E-state index < -0.39 is 0 Å². The second kappa shape index (κ2) is 7.25. The zero-order valence-electron chi connectivity index (χ0n) is 13.0. The van der Waals surface area contributed by atoms with Gasteiger partial charge in [-0.3, -0.25) is 5.84 Å². The summed E-state index contributed by atoms with van der Waals surface area (Å²) in [7, 11) is 0. The van der Waals surface area contributed by atoms with Crippen LogP contribution >= 0.6 is 0 Å². The molecule has 0 bridgehead atoms. The van der Waals surface area contributed by atoms with Gasteiger partial charge in [0.2, 0.25) is 0 Å². The first-order valence-corrected chi connectivity index (χ1v) is 7.43. The Morgan fingerprint density at radius 1 is 1.05 bits per heavy atom. The van der Waals surface area contributed by atoms with Crippen LogP contribution in [0.2, 0.25) is 0 Å². The SMILES string of the molecule is CCCOc1ccccc1C(NN)c1c(C)cccc1C. The third-order valence-electron chi connectivity index (χ3n) is 3.69. The standard InChI is InChI=1S/C18H24N2O/c1-4-12-21-16-11-6-5-10-15(16)18(20-19)17-13(2)8-7-9-14(17)3/h5-11,18,20H,4,12,19H2,1-3H3. The smallest absolute Gasteiger partial charge is 0.124 e. The number of para-hydroxylation sites is 1. The van der Waals surface area contributed by atoms with E-state index >= 15 is 0 Å². The van der Waals surface area contributed by atoms with Crippen molar-refractivity contribution < 1.29 is 4.74 Å². The average molecular weight is 284 g/mol. The number of benzene rings is 2. The first-order chi connectivity index (χ1) is 10.2. The molecule has 0 aromatic heterocycles. The minimum Gasteiger partial charge on any atom is -0.493 e. The van der Waals surface area contributed by atoms with Crippen LogP contribution in [0.15, 0.2) is 42.5 Å². The summed E-state index contributed by atoms with van der Waals surface area (Å²) in [5.74, 6) is 6.76. The molecule has 3 N–H and O–H groups in total. The number of hydrogen-bond donors (Lipinski definition) is 2. The van der Waals surface area contributed by atoms with Gasteiger partial charge in [-0.1, -0.05) is 43.3 Å². The van der Waals surface area contributed by atoms with E-state index in [0.717, 1.165) is 17.7 Å². The normalized spacial score (nSPS) is 12.2. The van der Waals surface area contributed by atoms with Crippen molar-refractivity contribution in [3.05, 3.63) is 64.7 Å². The van der Waals surface area contributed by atoms with Crippen molar-refractivity contribution in [2.75, 3.05) is 6.61 Å². The quantitative estimate of drug-likeness (QED) is 0.629. The second-order valence-corrected chi connectivity index (χ2v) is 5.29. The van der Waals surface area contributed by atoms with Gasteiger partial charge in [0.25, 0.3) is 0 Å². The molecule has 0 saturated heterocycles. The zero-order valence-corrected chi connectivity index (χ0v) is 13.0. The van der Waals surface area contributed by atoms with Crippen molar-refractivity contribution >= 4 is 0 Å². The van der Waals surface area contributed by atoms with Crippen molar-refractivity contribution in [2.45, 2.75) is 33.2 Å². The number of hydrazine groups is 1. The van der Waals surface area contributed by atoms with E-state index in [4.69, 9.17) is 10.6 Å². The third kappa shape index (κ3) is 3.43. The molecule has 0 aliphatic heterocycles. The maximum Gasteiger partial charge on any atom is 0.124 e. The molecule has 0 fully saturated rings. The zero-order chi connectivity index (χ0) is 15.2. The summed E-state index contributed by atoms with van der Waals surface area (Å²) in [5, 5.41) is 0. The van der Waals surface area contributed by atoms with Gasteiger partial charge in [0.15, 0.2) is 0 Å². The van der Waals surface area contributed by atoms with E-state index in [-0.39, 0.29) is 6.04 Å². The Labute approximate surface area is 127 Å². The fourth-order valence-electron chi connectivity index (χ4n) is 2.67. The van der Waals surface area contributed by atoms with Crippen molar-refractivity contribution in [1.29, 1.82) is 0 Å². The minimum atomic E-state index is -0.0701. The van der Waals surface area contributed by atoms with Gasteiger partial charge in [-0.2, -0.15) is 0 Å². The Balaban J connectivity index is 2.47. The highest BCUT2D eigenvalue weighted by molar-refractivity contribution is 5.46. The van der Waals surface area contributed by atoms with Gasteiger partial charge in [0, 0.05) is 5.56 Å². The molecule has 3 nitrogen and oxygen atoms in total. The van der Waals surface area contributed by atoms with Crippen molar-refractivity contribution in [3.63, 3.8) is 0 Å². The highest BCUT2D eigenvalue weighted by Crippen LogP contribution is 2.32. The van der Waals surface area contributed by atoms with Gasteiger partial charge >= 0.3 is 0 Å². The molecule has 0 spiro atoms. The first kappa shape index (κ1) is 15.5. The summed E-state index contributed by atoms with van der Waals surface area (Å²) in [6, 6.07) is 14.3. The lowest BCUT2D eigenvalue weighted by Gasteiger charge is -2.23. The highest BCUT2D eigenvalue weighted by atomic mass is 16.5. The molecule has 1 unspecified atom stereocenters. The summed E-state index contributed by atoms with van der Waals surface area (Å²) < 4.78 is 5.87. The molecular weight excluding hydrogens is 260 g/mol.